The number of fused-ring (bicyclic) bond motifs is 1. The van der Waals surface area contributed by atoms with Crippen LogP contribution in [-0.2, 0) is 6.61 Å². The number of hydrogen-bond donors (Lipinski definition) is 1. The molecule has 7 heteroatoms. The zero-order valence-corrected chi connectivity index (χ0v) is 14.5. The SMILES string of the molecule is O=C(O)N1CCN(c2ccc(OCc3ncccn3)cc2)c2ccccc21. The van der Waals surface area contributed by atoms with Crippen molar-refractivity contribution >= 4 is 23.2 Å². The highest BCUT2D eigenvalue weighted by molar-refractivity contribution is 5.94. The predicted molar refractivity (Wildman–Crippen MR) is 102 cm³/mol. The third-order valence-electron chi connectivity index (χ3n) is 4.38. The predicted octanol–water partition coefficient (Wildman–Crippen LogP) is 3.69. The van der Waals surface area contributed by atoms with Crippen molar-refractivity contribution in [3.63, 3.8) is 0 Å². The van der Waals surface area contributed by atoms with Gasteiger partial charge in [-0.3, -0.25) is 4.90 Å². The van der Waals surface area contributed by atoms with Crippen LogP contribution in [-0.4, -0.2) is 34.3 Å². The van der Waals surface area contributed by atoms with E-state index in [1.807, 2.05) is 48.5 Å². The molecule has 1 aliphatic heterocycles. The lowest BCUT2D eigenvalue weighted by Crippen LogP contribution is -2.41. The second-order valence-corrected chi connectivity index (χ2v) is 6.02. The number of carbonyl (C=O) groups is 1. The fourth-order valence-electron chi connectivity index (χ4n) is 3.10. The molecule has 1 aliphatic rings. The molecule has 2 aromatic carbocycles. The summed E-state index contributed by atoms with van der Waals surface area (Å²) in [6, 6.07) is 17.0. The molecule has 136 valence electrons. The summed E-state index contributed by atoms with van der Waals surface area (Å²) in [5, 5.41) is 9.41. The number of rotatable bonds is 4. The summed E-state index contributed by atoms with van der Waals surface area (Å²) < 4.78 is 5.72. The number of amides is 1. The topological polar surface area (TPSA) is 78.8 Å². The molecule has 4 rings (SSSR count). The molecule has 0 fully saturated rings. The number of hydrogen-bond acceptors (Lipinski definition) is 5. The van der Waals surface area contributed by atoms with Crippen molar-refractivity contribution in [1.82, 2.24) is 9.97 Å². The Hall–Kier alpha value is -3.61. The molecule has 2 heterocycles. The maximum absolute atomic E-state index is 11.5. The lowest BCUT2D eigenvalue weighted by atomic mass is 10.1. The first kappa shape index (κ1) is 16.8. The normalized spacial score (nSPS) is 13.2. The molecule has 1 N–H and O–H groups in total. The van der Waals surface area contributed by atoms with E-state index in [9.17, 15) is 9.90 Å². The molecule has 7 nitrogen and oxygen atoms in total. The van der Waals surface area contributed by atoms with Gasteiger partial charge in [0.1, 0.15) is 12.4 Å². The minimum Gasteiger partial charge on any atom is -0.486 e. The molecule has 0 saturated carbocycles. The summed E-state index contributed by atoms with van der Waals surface area (Å²) >= 11 is 0. The van der Waals surface area contributed by atoms with Gasteiger partial charge in [0.25, 0.3) is 0 Å². The number of benzene rings is 2. The van der Waals surface area contributed by atoms with E-state index in [0.717, 1.165) is 17.1 Å². The van der Waals surface area contributed by atoms with E-state index in [2.05, 4.69) is 14.9 Å². The summed E-state index contributed by atoms with van der Waals surface area (Å²) in [6.45, 7) is 1.30. The average Bonchev–Trinajstić information content (AvgIpc) is 2.72. The van der Waals surface area contributed by atoms with Gasteiger partial charge in [-0.25, -0.2) is 14.8 Å². The molecule has 0 aliphatic carbocycles. The van der Waals surface area contributed by atoms with Crippen molar-refractivity contribution in [3.05, 3.63) is 72.8 Å². The van der Waals surface area contributed by atoms with Gasteiger partial charge in [0, 0.05) is 31.2 Å². The zero-order chi connectivity index (χ0) is 18.6. The van der Waals surface area contributed by atoms with Crippen molar-refractivity contribution in [2.75, 3.05) is 22.9 Å². The number of para-hydroxylation sites is 2. The highest BCUT2D eigenvalue weighted by Crippen LogP contribution is 2.37. The van der Waals surface area contributed by atoms with Gasteiger partial charge in [-0.15, -0.1) is 0 Å². The van der Waals surface area contributed by atoms with Crippen LogP contribution in [0.4, 0.5) is 21.9 Å². The molecule has 0 bridgehead atoms. The lowest BCUT2D eigenvalue weighted by molar-refractivity contribution is 0.201. The third-order valence-corrected chi connectivity index (χ3v) is 4.38. The molecular weight excluding hydrogens is 344 g/mol. The number of nitrogens with zero attached hydrogens (tertiary/aromatic N) is 4. The zero-order valence-electron chi connectivity index (χ0n) is 14.5. The minimum atomic E-state index is -0.936. The summed E-state index contributed by atoms with van der Waals surface area (Å²) in [7, 11) is 0. The lowest BCUT2D eigenvalue weighted by Gasteiger charge is -2.36. The van der Waals surface area contributed by atoms with Crippen LogP contribution in [0.25, 0.3) is 0 Å². The number of aromatic nitrogens is 2. The number of anilines is 3. The van der Waals surface area contributed by atoms with Crippen LogP contribution in [0.2, 0.25) is 0 Å². The quantitative estimate of drug-likeness (QED) is 0.762. The first-order valence-corrected chi connectivity index (χ1v) is 8.58. The van der Waals surface area contributed by atoms with Gasteiger partial charge in [-0.2, -0.15) is 0 Å². The number of carboxylic acid groups (broad SMARTS) is 1. The summed E-state index contributed by atoms with van der Waals surface area (Å²) in [5.74, 6) is 1.35. The van der Waals surface area contributed by atoms with E-state index in [-0.39, 0.29) is 0 Å². The van der Waals surface area contributed by atoms with E-state index in [4.69, 9.17) is 4.74 Å². The second kappa shape index (κ2) is 7.33. The smallest absolute Gasteiger partial charge is 0.411 e. The van der Waals surface area contributed by atoms with Gasteiger partial charge >= 0.3 is 6.09 Å². The van der Waals surface area contributed by atoms with Gasteiger partial charge < -0.3 is 14.7 Å². The summed E-state index contributed by atoms with van der Waals surface area (Å²) in [6.07, 6.45) is 2.43. The Kier molecular flexibility index (Phi) is 4.57. The molecule has 27 heavy (non-hydrogen) atoms. The van der Waals surface area contributed by atoms with Gasteiger partial charge in [-0.05, 0) is 42.5 Å². The molecule has 0 spiro atoms. The van der Waals surface area contributed by atoms with Gasteiger partial charge in [0.05, 0.1) is 11.4 Å². The largest absolute Gasteiger partial charge is 0.486 e. The monoisotopic (exact) mass is 362 g/mol. The van der Waals surface area contributed by atoms with Crippen LogP contribution in [0.1, 0.15) is 5.82 Å². The maximum atomic E-state index is 11.5. The van der Waals surface area contributed by atoms with Crippen LogP contribution < -0.4 is 14.5 Å². The summed E-state index contributed by atoms with van der Waals surface area (Å²) in [4.78, 5) is 23.2. The highest BCUT2D eigenvalue weighted by Gasteiger charge is 2.26. The Balaban J connectivity index is 1.52. The molecule has 1 amide bonds. The molecule has 3 aromatic rings. The fourth-order valence-corrected chi connectivity index (χ4v) is 3.10. The van der Waals surface area contributed by atoms with Crippen LogP contribution in [0.5, 0.6) is 5.75 Å². The van der Waals surface area contributed by atoms with Crippen molar-refractivity contribution in [2.24, 2.45) is 0 Å². The Morgan fingerprint density at radius 1 is 0.963 bits per heavy atom. The first-order chi connectivity index (χ1) is 13.2. The molecule has 1 aromatic heterocycles. The van der Waals surface area contributed by atoms with Crippen molar-refractivity contribution in [2.45, 2.75) is 6.61 Å². The van der Waals surface area contributed by atoms with Crippen molar-refractivity contribution in [3.8, 4) is 5.75 Å². The van der Waals surface area contributed by atoms with Crippen LogP contribution >= 0.6 is 0 Å². The Morgan fingerprint density at radius 2 is 1.67 bits per heavy atom. The van der Waals surface area contributed by atoms with Gasteiger partial charge in [-0.1, -0.05) is 12.1 Å². The van der Waals surface area contributed by atoms with E-state index in [0.29, 0.717) is 31.2 Å². The molecular formula is C20H18N4O3. The molecule has 0 unspecified atom stereocenters. The maximum Gasteiger partial charge on any atom is 0.411 e. The van der Waals surface area contributed by atoms with E-state index >= 15 is 0 Å². The third kappa shape index (κ3) is 3.52. The molecule has 0 saturated heterocycles. The fraction of sp³-hybridized carbons (Fsp3) is 0.150. The number of ether oxygens (including phenoxy) is 1. The van der Waals surface area contributed by atoms with Gasteiger partial charge in [0.15, 0.2) is 5.82 Å². The molecule has 0 atom stereocenters. The van der Waals surface area contributed by atoms with Crippen molar-refractivity contribution < 1.29 is 14.6 Å². The van der Waals surface area contributed by atoms with Crippen LogP contribution in [0.3, 0.4) is 0 Å². The Morgan fingerprint density at radius 3 is 2.37 bits per heavy atom. The highest BCUT2D eigenvalue weighted by atomic mass is 16.5. The van der Waals surface area contributed by atoms with Crippen LogP contribution in [0, 0.1) is 0 Å². The van der Waals surface area contributed by atoms with E-state index in [1.165, 1.54) is 4.90 Å². The first-order valence-electron chi connectivity index (χ1n) is 8.58. The standard InChI is InChI=1S/C20H18N4O3/c25-20(26)24-13-12-23(17-4-1-2-5-18(17)24)15-6-8-16(9-7-15)27-14-19-21-10-3-11-22-19/h1-11H,12-14H2,(H,25,26). The van der Waals surface area contributed by atoms with E-state index < -0.39 is 6.09 Å². The average molecular weight is 362 g/mol. The van der Waals surface area contributed by atoms with Crippen molar-refractivity contribution in [1.29, 1.82) is 0 Å². The van der Waals surface area contributed by atoms with E-state index in [1.54, 1.807) is 18.5 Å². The minimum absolute atomic E-state index is 0.306. The van der Waals surface area contributed by atoms with Gasteiger partial charge in [0.2, 0.25) is 0 Å². The Labute approximate surface area is 156 Å². The molecule has 0 radical (unpaired) electrons. The Bertz CT molecular complexity index is 931. The second-order valence-electron chi connectivity index (χ2n) is 6.02. The summed E-state index contributed by atoms with van der Waals surface area (Å²) in [5.41, 5.74) is 2.55. The van der Waals surface area contributed by atoms with Crippen LogP contribution in [0.15, 0.2) is 67.0 Å².